The zero-order valence-corrected chi connectivity index (χ0v) is 12.9. The summed E-state index contributed by atoms with van der Waals surface area (Å²) >= 11 is 0. The van der Waals surface area contributed by atoms with Crippen molar-refractivity contribution < 1.29 is 13.9 Å². The normalized spacial score (nSPS) is 10.8. The second kappa shape index (κ2) is 6.09. The van der Waals surface area contributed by atoms with Gasteiger partial charge < -0.3 is 9.72 Å². The van der Waals surface area contributed by atoms with Crippen molar-refractivity contribution in [1.29, 1.82) is 0 Å². The third-order valence-corrected chi connectivity index (χ3v) is 3.37. The number of H-pyrrole nitrogens is 1. The minimum atomic E-state index is -0.592. The van der Waals surface area contributed by atoms with E-state index in [0.29, 0.717) is 16.8 Å². The lowest BCUT2D eigenvalue weighted by molar-refractivity contribution is 0.0598. The molecule has 1 aromatic carbocycles. The Bertz CT molecular complexity index is 781. The van der Waals surface area contributed by atoms with Crippen LogP contribution < -0.4 is 5.69 Å². The first-order valence-electron chi connectivity index (χ1n) is 6.84. The average Bonchev–Trinajstić information content (AvgIpc) is 2.45. The van der Waals surface area contributed by atoms with Crippen LogP contribution in [0.15, 0.2) is 23.0 Å². The van der Waals surface area contributed by atoms with Crippen LogP contribution in [0.4, 0.5) is 4.39 Å². The summed E-state index contributed by atoms with van der Waals surface area (Å²) in [6.07, 6.45) is 0. The highest BCUT2D eigenvalue weighted by Gasteiger charge is 2.24. The summed E-state index contributed by atoms with van der Waals surface area (Å²) in [5, 5.41) is 0. The molecule has 1 aromatic heterocycles. The van der Waals surface area contributed by atoms with Gasteiger partial charge in [0.25, 0.3) is 0 Å². The van der Waals surface area contributed by atoms with Crippen LogP contribution >= 0.6 is 0 Å². The Morgan fingerprint density at radius 2 is 2.05 bits per heavy atom. The van der Waals surface area contributed by atoms with Crippen molar-refractivity contribution in [2.45, 2.75) is 26.7 Å². The van der Waals surface area contributed by atoms with Crippen molar-refractivity contribution in [3.63, 3.8) is 0 Å². The van der Waals surface area contributed by atoms with Gasteiger partial charge in [0.1, 0.15) is 11.4 Å². The van der Waals surface area contributed by atoms with E-state index in [2.05, 4.69) is 9.97 Å². The molecule has 5 nitrogen and oxygen atoms in total. The van der Waals surface area contributed by atoms with Gasteiger partial charge in [-0.25, -0.2) is 14.0 Å². The molecule has 0 aliphatic heterocycles. The van der Waals surface area contributed by atoms with E-state index < -0.39 is 17.5 Å². The SMILES string of the molecule is COC(=O)c1c(-c2ccc(F)cc2C)nc(=O)[nH]c1C(C)C. The Kier molecular flexibility index (Phi) is 4.40. The first kappa shape index (κ1) is 15.9. The largest absolute Gasteiger partial charge is 0.465 e. The topological polar surface area (TPSA) is 72.0 Å². The molecule has 0 aliphatic rings. The number of hydrogen-bond donors (Lipinski definition) is 1. The summed E-state index contributed by atoms with van der Waals surface area (Å²) < 4.78 is 18.1. The number of aromatic nitrogens is 2. The number of nitrogens with one attached hydrogen (secondary N) is 1. The summed E-state index contributed by atoms with van der Waals surface area (Å²) in [7, 11) is 1.26. The molecule has 0 spiro atoms. The summed E-state index contributed by atoms with van der Waals surface area (Å²) in [5.74, 6) is -1.09. The van der Waals surface area contributed by atoms with Crippen molar-refractivity contribution in [3.05, 3.63) is 51.3 Å². The lowest BCUT2D eigenvalue weighted by Gasteiger charge is -2.15. The van der Waals surface area contributed by atoms with Gasteiger partial charge in [0.15, 0.2) is 0 Å². The number of esters is 1. The predicted octanol–water partition coefficient (Wildman–Crippen LogP) is 2.79. The van der Waals surface area contributed by atoms with Crippen LogP contribution in [0.2, 0.25) is 0 Å². The fourth-order valence-electron chi connectivity index (χ4n) is 2.32. The van der Waals surface area contributed by atoms with Crippen LogP contribution in [-0.4, -0.2) is 23.0 Å². The molecule has 0 amide bonds. The number of ether oxygens (including phenoxy) is 1. The standard InChI is InChI=1S/C16H17FN2O3/c1-8(2)13-12(15(20)22-4)14(19-16(21)18-13)11-6-5-10(17)7-9(11)3/h5-8H,1-4H3,(H,18,19,21). The molecule has 0 unspecified atom stereocenters. The molecule has 116 valence electrons. The monoisotopic (exact) mass is 304 g/mol. The molecule has 1 heterocycles. The Hall–Kier alpha value is -2.50. The Morgan fingerprint density at radius 3 is 2.59 bits per heavy atom. The molecule has 0 saturated heterocycles. The van der Waals surface area contributed by atoms with Crippen molar-refractivity contribution >= 4 is 5.97 Å². The first-order chi connectivity index (χ1) is 10.3. The minimum absolute atomic E-state index is 0.107. The van der Waals surface area contributed by atoms with Crippen LogP contribution in [-0.2, 0) is 4.74 Å². The van der Waals surface area contributed by atoms with Crippen molar-refractivity contribution in [3.8, 4) is 11.3 Å². The lowest BCUT2D eigenvalue weighted by Crippen LogP contribution is -2.21. The molecule has 1 N–H and O–H groups in total. The number of carbonyl (C=O) groups is 1. The van der Waals surface area contributed by atoms with E-state index in [1.54, 1.807) is 6.92 Å². The Balaban J connectivity index is 2.84. The first-order valence-corrected chi connectivity index (χ1v) is 6.84. The summed E-state index contributed by atoms with van der Waals surface area (Å²) in [5.41, 5.74) is 1.40. The van der Waals surface area contributed by atoms with Crippen LogP contribution in [0.3, 0.4) is 0 Å². The maximum absolute atomic E-state index is 13.3. The maximum Gasteiger partial charge on any atom is 0.345 e. The van der Waals surface area contributed by atoms with E-state index in [9.17, 15) is 14.0 Å². The zero-order valence-electron chi connectivity index (χ0n) is 12.9. The fourth-order valence-corrected chi connectivity index (χ4v) is 2.32. The molecular formula is C16H17FN2O3. The Morgan fingerprint density at radius 1 is 1.36 bits per heavy atom. The van der Waals surface area contributed by atoms with Gasteiger partial charge in [-0.1, -0.05) is 13.8 Å². The lowest BCUT2D eigenvalue weighted by atomic mass is 9.96. The van der Waals surface area contributed by atoms with Crippen LogP contribution in [0.1, 0.15) is 41.4 Å². The van der Waals surface area contributed by atoms with Gasteiger partial charge in [-0.15, -0.1) is 0 Å². The van der Waals surface area contributed by atoms with E-state index in [0.717, 1.165) is 0 Å². The van der Waals surface area contributed by atoms with E-state index in [1.165, 1.54) is 25.3 Å². The van der Waals surface area contributed by atoms with Crippen LogP contribution in [0, 0.1) is 12.7 Å². The second-order valence-electron chi connectivity index (χ2n) is 5.28. The molecule has 0 fully saturated rings. The molecule has 0 bridgehead atoms. The smallest absolute Gasteiger partial charge is 0.345 e. The van der Waals surface area contributed by atoms with Crippen molar-refractivity contribution in [1.82, 2.24) is 9.97 Å². The van der Waals surface area contributed by atoms with E-state index in [1.807, 2.05) is 13.8 Å². The van der Waals surface area contributed by atoms with E-state index in [-0.39, 0.29) is 17.2 Å². The van der Waals surface area contributed by atoms with Gasteiger partial charge >= 0.3 is 11.7 Å². The highest BCUT2D eigenvalue weighted by molar-refractivity contribution is 5.97. The fraction of sp³-hybridized carbons (Fsp3) is 0.312. The molecule has 2 aromatic rings. The molecule has 22 heavy (non-hydrogen) atoms. The van der Waals surface area contributed by atoms with Crippen molar-refractivity contribution in [2.75, 3.05) is 7.11 Å². The van der Waals surface area contributed by atoms with Gasteiger partial charge in [0.05, 0.1) is 12.8 Å². The summed E-state index contributed by atoms with van der Waals surface area (Å²) in [6, 6.07) is 4.10. The van der Waals surface area contributed by atoms with Crippen LogP contribution in [0.25, 0.3) is 11.3 Å². The summed E-state index contributed by atoms with van der Waals surface area (Å²) in [6.45, 7) is 5.38. The third-order valence-electron chi connectivity index (χ3n) is 3.37. The molecule has 0 radical (unpaired) electrons. The van der Waals surface area contributed by atoms with Gasteiger partial charge in [-0.3, -0.25) is 0 Å². The molecule has 0 aliphatic carbocycles. The molecule has 2 rings (SSSR count). The molecular weight excluding hydrogens is 287 g/mol. The number of nitrogens with zero attached hydrogens (tertiary/aromatic N) is 1. The molecule has 0 atom stereocenters. The number of benzene rings is 1. The highest BCUT2D eigenvalue weighted by atomic mass is 19.1. The van der Waals surface area contributed by atoms with Gasteiger partial charge in [0, 0.05) is 11.3 Å². The van der Waals surface area contributed by atoms with Gasteiger partial charge in [0.2, 0.25) is 0 Å². The summed E-state index contributed by atoms with van der Waals surface area (Å²) in [4.78, 5) is 30.5. The maximum atomic E-state index is 13.3. The number of aryl methyl sites for hydroxylation is 1. The Labute approximate surface area is 127 Å². The van der Waals surface area contributed by atoms with Gasteiger partial charge in [-0.2, -0.15) is 4.98 Å². The number of methoxy groups -OCH3 is 1. The van der Waals surface area contributed by atoms with E-state index >= 15 is 0 Å². The van der Waals surface area contributed by atoms with Crippen LogP contribution in [0.5, 0.6) is 0 Å². The highest BCUT2D eigenvalue weighted by Crippen LogP contribution is 2.29. The zero-order chi connectivity index (χ0) is 16.4. The number of aromatic amines is 1. The molecule has 0 saturated carbocycles. The number of hydrogen-bond acceptors (Lipinski definition) is 4. The van der Waals surface area contributed by atoms with Gasteiger partial charge in [-0.05, 0) is 36.6 Å². The van der Waals surface area contributed by atoms with Crippen molar-refractivity contribution in [2.24, 2.45) is 0 Å². The third kappa shape index (κ3) is 2.90. The number of carbonyl (C=O) groups excluding carboxylic acids is 1. The molecule has 6 heteroatoms. The minimum Gasteiger partial charge on any atom is -0.465 e. The quantitative estimate of drug-likeness (QED) is 0.885. The average molecular weight is 304 g/mol. The predicted molar refractivity (Wildman–Crippen MR) is 80.4 cm³/mol. The van der Waals surface area contributed by atoms with E-state index in [4.69, 9.17) is 4.74 Å². The number of rotatable bonds is 3. The number of halogens is 1. The second-order valence-corrected chi connectivity index (χ2v) is 5.28.